The average Bonchev–Trinajstić information content (AvgIpc) is 2.79. The Labute approximate surface area is 118 Å². The number of nitrogens with zero attached hydrogens (tertiary/aromatic N) is 2. The maximum absolute atomic E-state index is 11.9. The van der Waals surface area contributed by atoms with Crippen molar-refractivity contribution >= 4 is 16.6 Å². The Morgan fingerprint density at radius 2 is 2.05 bits per heavy atom. The molecule has 0 aliphatic heterocycles. The highest BCUT2D eigenvalue weighted by atomic mass is 19.4. The number of nitro groups is 1. The van der Waals surface area contributed by atoms with Crippen LogP contribution in [-0.4, -0.2) is 28.9 Å². The molecule has 0 aliphatic carbocycles. The summed E-state index contributed by atoms with van der Waals surface area (Å²) >= 11 is 0. The summed E-state index contributed by atoms with van der Waals surface area (Å²) in [6.45, 7) is -0.753. The number of benzene rings is 1. The Bertz CT molecular complexity index is 637. The van der Waals surface area contributed by atoms with Gasteiger partial charge in [-0.25, -0.2) is 0 Å². The van der Waals surface area contributed by atoms with E-state index in [4.69, 9.17) is 0 Å². The zero-order valence-corrected chi connectivity index (χ0v) is 11.0. The van der Waals surface area contributed by atoms with Gasteiger partial charge in [-0.1, -0.05) is 0 Å². The average molecular weight is 302 g/mol. The molecule has 0 N–H and O–H groups in total. The molecular weight excluding hydrogens is 289 g/mol. The summed E-state index contributed by atoms with van der Waals surface area (Å²) in [7, 11) is 0. The molecule has 21 heavy (non-hydrogen) atoms. The molecule has 1 heterocycles. The Balaban J connectivity index is 1.92. The Morgan fingerprint density at radius 1 is 1.29 bits per heavy atom. The van der Waals surface area contributed by atoms with Gasteiger partial charge in [-0.05, 0) is 18.6 Å². The van der Waals surface area contributed by atoms with E-state index in [1.54, 1.807) is 18.3 Å². The third-order valence-corrected chi connectivity index (χ3v) is 2.92. The number of nitro benzene ring substituents is 1. The summed E-state index contributed by atoms with van der Waals surface area (Å²) in [5, 5.41) is 11.4. The van der Waals surface area contributed by atoms with E-state index in [1.807, 2.05) is 4.57 Å². The van der Waals surface area contributed by atoms with E-state index < -0.39 is 17.7 Å². The molecule has 5 nitrogen and oxygen atoms in total. The van der Waals surface area contributed by atoms with E-state index in [9.17, 15) is 23.3 Å². The molecule has 0 unspecified atom stereocenters. The second-order valence-electron chi connectivity index (χ2n) is 4.53. The van der Waals surface area contributed by atoms with E-state index in [1.165, 1.54) is 12.1 Å². The van der Waals surface area contributed by atoms with Gasteiger partial charge in [-0.3, -0.25) is 10.1 Å². The minimum absolute atomic E-state index is 0.00612. The van der Waals surface area contributed by atoms with Gasteiger partial charge in [0.05, 0.1) is 4.92 Å². The second kappa shape index (κ2) is 6.13. The monoisotopic (exact) mass is 302 g/mol. The summed E-state index contributed by atoms with van der Waals surface area (Å²) in [5.41, 5.74) is 0.810. The lowest BCUT2D eigenvalue weighted by Gasteiger charge is -2.08. The predicted molar refractivity (Wildman–Crippen MR) is 70.1 cm³/mol. The summed E-state index contributed by atoms with van der Waals surface area (Å²) in [6.07, 6.45) is -2.13. The minimum atomic E-state index is -4.31. The van der Waals surface area contributed by atoms with Crippen molar-refractivity contribution in [1.82, 2.24) is 4.57 Å². The van der Waals surface area contributed by atoms with Crippen molar-refractivity contribution in [2.75, 3.05) is 13.2 Å². The Kier molecular flexibility index (Phi) is 4.46. The van der Waals surface area contributed by atoms with E-state index in [-0.39, 0.29) is 12.3 Å². The predicted octanol–water partition coefficient (Wildman–Crippen LogP) is 3.52. The number of non-ortho nitro benzene ring substituents is 1. The molecule has 0 bridgehead atoms. The zero-order valence-electron chi connectivity index (χ0n) is 11.0. The van der Waals surface area contributed by atoms with Crippen LogP contribution in [0.15, 0.2) is 30.5 Å². The van der Waals surface area contributed by atoms with Crippen molar-refractivity contribution in [3.8, 4) is 0 Å². The van der Waals surface area contributed by atoms with Crippen molar-refractivity contribution in [2.45, 2.75) is 19.1 Å². The molecule has 0 fully saturated rings. The highest BCUT2D eigenvalue weighted by molar-refractivity contribution is 5.82. The first-order valence-electron chi connectivity index (χ1n) is 6.24. The number of alkyl halides is 3. The minimum Gasteiger partial charge on any atom is -0.372 e. The topological polar surface area (TPSA) is 57.3 Å². The van der Waals surface area contributed by atoms with Crippen molar-refractivity contribution < 1.29 is 22.8 Å². The van der Waals surface area contributed by atoms with Crippen LogP contribution >= 0.6 is 0 Å². The molecule has 2 rings (SSSR count). The standard InChI is InChI=1S/C13H13F3N2O3/c14-13(15,16)9-21-7-1-5-17-6-4-10-8-11(18(19)20)2-3-12(10)17/h2-4,6,8H,1,5,7,9H2. The normalized spacial score (nSPS) is 12.0. The van der Waals surface area contributed by atoms with Gasteiger partial charge in [0.2, 0.25) is 0 Å². The molecule has 0 saturated carbocycles. The van der Waals surface area contributed by atoms with Gasteiger partial charge in [0.1, 0.15) is 6.61 Å². The van der Waals surface area contributed by atoms with Crippen LogP contribution in [0, 0.1) is 10.1 Å². The van der Waals surface area contributed by atoms with E-state index in [0.29, 0.717) is 13.0 Å². The number of hydrogen-bond donors (Lipinski definition) is 0. The molecule has 0 amide bonds. The lowest BCUT2D eigenvalue weighted by Crippen LogP contribution is -2.17. The zero-order chi connectivity index (χ0) is 15.5. The fourth-order valence-corrected chi connectivity index (χ4v) is 2.02. The van der Waals surface area contributed by atoms with E-state index in [2.05, 4.69) is 4.74 Å². The molecule has 114 valence electrons. The Morgan fingerprint density at radius 3 is 2.71 bits per heavy atom. The SMILES string of the molecule is O=[N+]([O-])c1ccc2c(ccn2CCCOCC(F)(F)F)c1. The van der Waals surface area contributed by atoms with Crippen LogP contribution < -0.4 is 0 Å². The summed E-state index contributed by atoms with van der Waals surface area (Å²) in [4.78, 5) is 10.2. The summed E-state index contributed by atoms with van der Waals surface area (Å²) in [6, 6.07) is 6.23. The number of aromatic nitrogens is 1. The summed E-state index contributed by atoms with van der Waals surface area (Å²) < 4.78 is 42.0. The van der Waals surface area contributed by atoms with Crippen molar-refractivity contribution in [3.05, 3.63) is 40.6 Å². The van der Waals surface area contributed by atoms with Crippen molar-refractivity contribution in [3.63, 3.8) is 0 Å². The fraction of sp³-hybridized carbons (Fsp3) is 0.385. The lowest BCUT2D eigenvalue weighted by molar-refractivity contribution is -0.384. The molecule has 0 saturated heterocycles. The third kappa shape index (κ3) is 4.19. The van der Waals surface area contributed by atoms with E-state index in [0.717, 1.165) is 10.9 Å². The van der Waals surface area contributed by atoms with Gasteiger partial charge in [-0.15, -0.1) is 0 Å². The molecule has 0 radical (unpaired) electrons. The van der Waals surface area contributed by atoms with E-state index >= 15 is 0 Å². The lowest BCUT2D eigenvalue weighted by atomic mass is 10.2. The molecule has 0 spiro atoms. The maximum Gasteiger partial charge on any atom is 0.411 e. The van der Waals surface area contributed by atoms with Crippen molar-refractivity contribution in [2.24, 2.45) is 0 Å². The van der Waals surface area contributed by atoms with Gasteiger partial charge in [0.25, 0.3) is 5.69 Å². The number of halogens is 3. The third-order valence-electron chi connectivity index (χ3n) is 2.92. The van der Waals surface area contributed by atoms with Crippen LogP contribution in [-0.2, 0) is 11.3 Å². The Hall–Kier alpha value is -2.09. The summed E-state index contributed by atoms with van der Waals surface area (Å²) in [5.74, 6) is 0. The number of aryl methyl sites for hydroxylation is 1. The smallest absolute Gasteiger partial charge is 0.372 e. The first-order chi connectivity index (χ1) is 9.87. The molecule has 0 atom stereocenters. The van der Waals surface area contributed by atoms with Gasteiger partial charge in [0, 0.05) is 42.4 Å². The van der Waals surface area contributed by atoms with Crippen LogP contribution in [0.1, 0.15) is 6.42 Å². The first kappa shape index (κ1) is 15.3. The van der Waals surface area contributed by atoms with Crippen molar-refractivity contribution in [1.29, 1.82) is 0 Å². The fourth-order valence-electron chi connectivity index (χ4n) is 2.02. The number of ether oxygens (including phenoxy) is 1. The first-order valence-corrected chi connectivity index (χ1v) is 6.24. The molecule has 8 heteroatoms. The van der Waals surface area contributed by atoms with Gasteiger partial charge in [0.15, 0.2) is 0 Å². The van der Waals surface area contributed by atoms with Crippen LogP contribution in [0.2, 0.25) is 0 Å². The van der Waals surface area contributed by atoms with Crippen LogP contribution in [0.3, 0.4) is 0 Å². The molecular formula is C13H13F3N2O3. The van der Waals surface area contributed by atoms with Crippen LogP contribution in [0.5, 0.6) is 0 Å². The van der Waals surface area contributed by atoms with Crippen LogP contribution in [0.25, 0.3) is 10.9 Å². The van der Waals surface area contributed by atoms with Gasteiger partial charge < -0.3 is 9.30 Å². The number of hydrogen-bond acceptors (Lipinski definition) is 3. The number of rotatable bonds is 6. The molecule has 2 aromatic rings. The van der Waals surface area contributed by atoms with Crippen LogP contribution in [0.4, 0.5) is 18.9 Å². The quantitative estimate of drug-likeness (QED) is 0.466. The van der Waals surface area contributed by atoms with Gasteiger partial charge >= 0.3 is 6.18 Å². The second-order valence-corrected chi connectivity index (χ2v) is 4.53. The van der Waals surface area contributed by atoms with Gasteiger partial charge in [-0.2, -0.15) is 13.2 Å². The number of fused-ring (bicyclic) bond motifs is 1. The highest BCUT2D eigenvalue weighted by Crippen LogP contribution is 2.22. The largest absolute Gasteiger partial charge is 0.411 e. The maximum atomic E-state index is 11.9. The molecule has 0 aliphatic rings. The molecule has 1 aromatic carbocycles. The highest BCUT2D eigenvalue weighted by Gasteiger charge is 2.27. The molecule has 1 aromatic heterocycles.